The average Bonchev–Trinajstić information content (AvgIpc) is 2.55. The lowest BCUT2D eigenvalue weighted by atomic mass is 9.87. The molecule has 0 aliphatic heterocycles. The van der Waals surface area contributed by atoms with Crippen LogP contribution in [0.25, 0.3) is 10.9 Å². The van der Waals surface area contributed by atoms with Crippen LogP contribution in [-0.2, 0) is 6.18 Å². The van der Waals surface area contributed by atoms with E-state index in [0.717, 1.165) is 37.8 Å². The quantitative estimate of drug-likeness (QED) is 0.873. The van der Waals surface area contributed by atoms with E-state index in [1.807, 2.05) is 0 Å². The fraction of sp³-hybridized carbons (Fsp3) is 0.444. The third-order valence-corrected chi connectivity index (χ3v) is 4.62. The highest BCUT2D eigenvalue weighted by atomic mass is 19.4. The summed E-state index contributed by atoms with van der Waals surface area (Å²) in [5.74, 6) is 0.479. The van der Waals surface area contributed by atoms with Crippen molar-refractivity contribution in [2.45, 2.75) is 44.8 Å². The first-order valence-corrected chi connectivity index (χ1v) is 8.11. The molecule has 0 saturated heterocycles. The van der Waals surface area contributed by atoms with Crippen LogP contribution in [-0.4, -0.2) is 16.9 Å². The maximum absolute atomic E-state index is 12.7. The van der Waals surface area contributed by atoms with Gasteiger partial charge in [0.2, 0.25) is 0 Å². The second kappa shape index (κ2) is 6.42. The van der Waals surface area contributed by atoms with Gasteiger partial charge in [0.1, 0.15) is 0 Å². The zero-order valence-electron chi connectivity index (χ0n) is 13.4. The van der Waals surface area contributed by atoms with Crippen LogP contribution in [0.4, 0.5) is 13.2 Å². The molecule has 1 N–H and O–H groups in total. The maximum atomic E-state index is 12.7. The number of hydrogen-bond acceptors (Lipinski definition) is 2. The van der Waals surface area contributed by atoms with Crippen molar-refractivity contribution >= 4 is 16.8 Å². The summed E-state index contributed by atoms with van der Waals surface area (Å²) >= 11 is 0. The number of alkyl halides is 3. The molecule has 1 saturated carbocycles. The molecular formula is C18H19F3N2O. The molecule has 1 aliphatic carbocycles. The van der Waals surface area contributed by atoms with Crippen LogP contribution < -0.4 is 5.32 Å². The number of halogens is 3. The standard InChI is InChI=1S/C18H19F3N2O/c1-11-2-6-15(7-3-11)23-17(24)13-8-12-4-5-14(18(19,20)21)9-16(12)22-10-13/h4-5,8-11,15H,2-3,6-7H2,1H3,(H,23,24). The molecule has 0 radical (unpaired) electrons. The van der Waals surface area contributed by atoms with E-state index in [4.69, 9.17) is 0 Å². The van der Waals surface area contributed by atoms with Gasteiger partial charge in [0.05, 0.1) is 16.6 Å². The number of carbonyl (C=O) groups is 1. The fourth-order valence-corrected chi connectivity index (χ4v) is 3.10. The first-order valence-electron chi connectivity index (χ1n) is 8.11. The zero-order valence-corrected chi connectivity index (χ0v) is 13.4. The smallest absolute Gasteiger partial charge is 0.349 e. The largest absolute Gasteiger partial charge is 0.416 e. The van der Waals surface area contributed by atoms with Gasteiger partial charge in [-0.1, -0.05) is 13.0 Å². The van der Waals surface area contributed by atoms with Crippen LogP contribution in [0.5, 0.6) is 0 Å². The molecule has 1 fully saturated rings. The average molecular weight is 336 g/mol. The normalized spacial score (nSPS) is 21.7. The van der Waals surface area contributed by atoms with Crippen molar-refractivity contribution < 1.29 is 18.0 Å². The predicted octanol–water partition coefficient (Wildman–Crippen LogP) is 4.56. The summed E-state index contributed by atoms with van der Waals surface area (Å²) < 4.78 is 38.2. The van der Waals surface area contributed by atoms with Crippen molar-refractivity contribution in [3.8, 4) is 0 Å². The number of aromatic nitrogens is 1. The number of nitrogens with zero attached hydrogens (tertiary/aromatic N) is 1. The lowest BCUT2D eigenvalue weighted by molar-refractivity contribution is -0.137. The van der Waals surface area contributed by atoms with Gasteiger partial charge in [-0.05, 0) is 49.8 Å². The fourth-order valence-electron chi connectivity index (χ4n) is 3.10. The van der Waals surface area contributed by atoms with Crippen LogP contribution in [0.1, 0.15) is 48.5 Å². The van der Waals surface area contributed by atoms with E-state index in [0.29, 0.717) is 16.9 Å². The molecule has 3 nitrogen and oxygen atoms in total. The van der Waals surface area contributed by atoms with Crippen molar-refractivity contribution in [1.82, 2.24) is 10.3 Å². The number of hydrogen-bond donors (Lipinski definition) is 1. The van der Waals surface area contributed by atoms with Gasteiger partial charge in [0.25, 0.3) is 5.91 Å². The van der Waals surface area contributed by atoms with Crippen molar-refractivity contribution in [3.05, 3.63) is 41.6 Å². The molecule has 2 aromatic rings. The van der Waals surface area contributed by atoms with Gasteiger partial charge >= 0.3 is 6.18 Å². The van der Waals surface area contributed by atoms with Crippen LogP contribution in [0.3, 0.4) is 0 Å². The first kappa shape index (κ1) is 16.7. The molecule has 1 aromatic carbocycles. The highest BCUT2D eigenvalue weighted by Gasteiger charge is 2.30. The Morgan fingerprint density at radius 1 is 1.17 bits per heavy atom. The second-order valence-electron chi connectivity index (χ2n) is 6.56. The van der Waals surface area contributed by atoms with E-state index < -0.39 is 11.7 Å². The highest BCUT2D eigenvalue weighted by Crippen LogP contribution is 2.31. The maximum Gasteiger partial charge on any atom is 0.416 e. The third kappa shape index (κ3) is 3.68. The summed E-state index contributed by atoms with van der Waals surface area (Å²) in [5, 5.41) is 3.52. The van der Waals surface area contributed by atoms with Gasteiger partial charge in [-0.15, -0.1) is 0 Å². The molecule has 0 unspecified atom stereocenters. The van der Waals surface area contributed by atoms with Crippen LogP contribution in [0.2, 0.25) is 0 Å². The highest BCUT2D eigenvalue weighted by molar-refractivity contribution is 5.97. The van der Waals surface area contributed by atoms with Crippen molar-refractivity contribution in [2.75, 3.05) is 0 Å². The minimum atomic E-state index is -4.40. The van der Waals surface area contributed by atoms with Gasteiger partial charge in [-0.2, -0.15) is 13.2 Å². The summed E-state index contributed by atoms with van der Waals surface area (Å²) in [7, 11) is 0. The van der Waals surface area contributed by atoms with Crippen LogP contribution >= 0.6 is 0 Å². The summed E-state index contributed by atoms with van der Waals surface area (Å²) in [4.78, 5) is 16.4. The molecule has 0 bridgehead atoms. The van der Waals surface area contributed by atoms with Crippen LogP contribution in [0, 0.1) is 5.92 Å². The molecule has 6 heteroatoms. The summed E-state index contributed by atoms with van der Waals surface area (Å²) in [6.45, 7) is 2.21. The van der Waals surface area contributed by atoms with E-state index in [9.17, 15) is 18.0 Å². The Balaban J connectivity index is 1.76. The number of fused-ring (bicyclic) bond motifs is 1. The Morgan fingerprint density at radius 3 is 2.54 bits per heavy atom. The van der Waals surface area contributed by atoms with Crippen molar-refractivity contribution in [1.29, 1.82) is 0 Å². The van der Waals surface area contributed by atoms with Gasteiger partial charge in [0.15, 0.2) is 0 Å². The summed E-state index contributed by atoms with van der Waals surface area (Å²) in [6, 6.07) is 5.11. The molecule has 128 valence electrons. The van der Waals surface area contributed by atoms with E-state index >= 15 is 0 Å². The lowest BCUT2D eigenvalue weighted by Crippen LogP contribution is -2.37. The van der Waals surface area contributed by atoms with E-state index in [2.05, 4.69) is 17.2 Å². The lowest BCUT2D eigenvalue weighted by Gasteiger charge is -2.26. The van der Waals surface area contributed by atoms with Crippen LogP contribution in [0.15, 0.2) is 30.5 Å². The number of rotatable bonds is 2. The molecule has 0 atom stereocenters. The van der Waals surface area contributed by atoms with Gasteiger partial charge < -0.3 is 5.32 Å². The Bertz CT molecular complexity index is 750. The minimum Gasteiger partial charge on any atom is -0.349 e. The summed E-state index contributed by atoms with van der Waals surface area (Å²) in [6.07, 6.45) is 1.06. The first-order chi connectivity index (χ1) is 11.3. The van der Waals surface area contributed by atoms with E-state index in [1.54, 1.807) is 6.07 Å². The van der Waals surface area contributed by atoms with Gasteiger partial charge in [-0.3, -0.25) is 9.78 Å². The number of carbonyl (C=O) groups excluding carboxylic acids is 1. The zero-order chi connectivity index (χ0) is 17.3. The Hall–Kier alpha value is -2.11. The molecular weight excluding hydrogens is 317 g/mol. The molecule has 24 heavy (non-hydrogen) atoms. The molecule has 1 amide bonds. The Morgan fingerprint density at radius 2 is 1.88 bits per heavy atom. The molecule has 1 aliphatic rings. The van der Waals surface area contributed by atoms with Gasteiger partial charge in [0, 0.05) is 17.6 Å². The Labute approximate surface area is 138 Å². The number of pyridine rings is 1. The summed E-state index contributed by atoms with van der Waals surface area (Å²) in [5.41, 5.74) is -0.134. The third-order valence-electron chi connectivity index (χ3n) is 4.62. The van der Waals surface area contributed by atoms with Crippen molar-refractivity contribution in [2.24, 2.45) is 5.92 Å². The molecule has 3 rings (SSSR count). The second-order valence-corrected chi connectivity index (χ2v) is 6.56. The SMILES string of the molecule is CC1CCC(NC(=O)c2cnc3cc(C(F)(F)F)ccc3c2)CC1. The van der Waals surface area contributed by atoms with E-state index in [1.165, 1.54) is 12.3 Å². The number of benzene rings is 1. The van der Waals surface area contributed by atoms with E-state index in [-0.39, 0.29) is 17.5 Å². The van der Waals surface area contributed by atoms with Crippen molar-refractivity contribution in [3.63, 3.8) is 0 Å². The van der Waals surface area contributed by atoms with Gasteiger partial charge in [-0.25, -0.2) is 0 Å². The topological polar surface area (TPSA) is 42.0 Å². The number of amides is 1. The monoisotopic (exact) mass is 336 g/mol. The predicted molar refractivity (Wildman–Crippen MR) is 85.6 cm³/mol. The minimum absolute atomic E-state index is 0.164. The Kier molecular flexibility index (Phi) is 4.47. The molecule has 0 spiro atoms. The molecule has 1 aromatic heterocycles. The molecule has 1 heterocycles. The number of nitrogens with one attached hydrogen (secondary N) is 1.